The van der Waals surface area contributed by atoms with E-state index in [-0.39, 0.29) is 0 Å². The molecule has 0 unspecified atom stereocenters. The van der Waals surface area contributed by atoms with Crippen LogP contribution in [0.4, 0.5) is 0 Å². The van der Waals surface area contributed by atoms with E-state index < -0.39 is 0 Å². The molecule has 1 aliphatic rings. The minimum absolute atomic E-state index is 0.653. The van der Waals surface area contributed by atoms with Crippen molar-refractivity contribution in [2.24, 2.45) is 5.41 Å². The second-order valence-electron chi connectivity index (χ2n) is 5.05. The fourth-order valence-electron chi connectivity index (χ4n) is 2.09. The zero-order chi connectivity index (χ0) is 12.0. The lowest BCUT2D eigenvalue weighted by Crippen LogP contribution is -2.25. The molecule has 94 valence electrons. The van der Waals surface area contributed by atoms with Crippen LogP contribution in [0, 0.1) is 5.41 Å². The highest BCUT2D eigenvalue weighted by Gasteiger charge is 2.39. The van der Waals surface area contributed by atoms with Crippen LogP contribution in [0.25, 0.3) is 0 Å². The summed E-state index contributed by atoms with van der Waals surface area (Å²) in [5.74, 6) is 0.972. The number of para-hydroxylation sites is 1. The molecule has 0 heterocycles. The highest BCUT2D eigenvalue weighted by Crippen LogP contribution is 2.47. The lowest BCUT2D eigenvalue weighted by Gasteiger charge is -2.13. The minimum Gasteiger partial charge on any atom is -0.494 e. The Balaban J connectivity index is 1.50. The summed E-state index contributed by atoms with van der Waals surface area (Å²) >= 11 is 0. The summed E-state index contributed by atoms with van der Waals surface area (Å²) in [6, 6.07) is 10.0. The molecule has 0 saturated heterocycles. The Morgan fingerprint density at radius 1 is 1.24 bits per heavy atom. The Kier molecular flexibility index (Phi) is 4.43. The van der Waals surface area contributed by atoms with Gasteiger partial charge in [0.05, 0.1) is 6.61 Å². The SMILES string of the molecule is CCC1(CNCCCOc2ccccc2)CC1. The van der Waals surface area contributed by atoms with Crippen LogP contribution in [0.15, 0.2) is 30.3 Å². The molecule has 1 saturated carbocycles. The monoisotopic (exact) mass is 233 g/mol. The van der Waals surface area contributed by atoms with Gasteiger partial charge in [0.15, 0.2) is 0 Å². The Morgan fingerprint density at radius 2 is 2.00 bits per heavy atom. The fraction of sp³-hybridized carbons (Fsp3) is 0.600. The summed E-state index contributed by atoms with van der Waals surface area (Å²) in [7, 11) is 0. The average Bonchev–Trinajstić information content (AvgIpc) is 3.16. The summed E-state index contributed by atoms with van der Waals surface area (Å²) in [6.45, 7) is 5.35. The molecule has 0 aromatic heterocycles. The van der Waals surface area contributed by atoms with Gasteiger partial charge < -0.3 is 10.1 Å². The van der Waals surface area contributed by atoms with E-state index >= 15 is 0 Å². The van der Waals surface area contributed by atoms with Gasteiger partial charge in [-0.1, -0.05) is 25.1 Å². The first-order valence-electron chi connectivity index (χ1n) is 6.73. The molecule has 1 aromatic carbocycles. The lowest BCUT2D eigenvalue weighted by atomic mass is 10.0. The Bertz CT molecular complexity index is 319. The average molecular weight is 233 g/mol. The Hall–Kier alpha value is -1.02. The summed E-state index contributed by atoms with van der Waals surface area (Å²) in [5.41, 5.74) is 0.653. The van der Waals surface area contributed by atoms with E-state index in [1.54, 1.807) is 0 Å². The van der Waals surface area contributed by atoms with Crippen molar-refractivity contribution in [3.8, 4) is 5.75 Å². The maximum absolute atomic E-state index is 5.64. The molecular formula is C15H23NO. The normalized spacial score (nSPS) is 16.8. The smallest absolute Gasteiger partial charge is 0.119 e. The van der Waals surface area contributed by atoms with Gasteiger partial charge >= 0.3 is 0 Å². The molecule has 2 heteroatoms. The number of hydrogen-bond donors (Lipinski definition) is 1. The number of benzene rings is 1. The molecule has 1 fully saturated rings. The standard InChI is InChI=1S/C15H23NO/c1-2-15(9-10-15)13-16-11-6-12-17-14-7-4-3-5-8-14/h3-5,7-8,16H,2,6,9-13H2,1H3. The van der Waals surface area contributed by atoms with Crippen LogP contribution in [-0.2, 0) is 0 Å². The molecule has 1 N–H and O–H groups in total. The molecule has 17 heavy (non-hydrogen) atoms. The molecule has 0 bridgehead atoms. The van der Waals surface area contributed by atoms with E-state index in [1.165, 1.54) is 25.8 Å². The third-order valence-corrected chi connectivity index (χ3v) is 3.72. The highest BCUT2D eigenvalue weighted by atomic mass is 16.5. The maximum atomic E-state index is 5.64. The van der Waals surface area contributed by atoms with Gasteiger partial charge in [-0.25, -0.2) is 0 Å². The van der Waals surface area contributed by atoms with E-state index in [2.05, 4.69) is 12.2 Å². The molecule has 1 aromatic rings. The fourth-order valence-corrected chi connectivity index (χ4v) is 2.09. The maximum Gasteiger partial charge on any atom is 0.119 e. The number of nitrogens with one attached hydrogen (secondary N) is 1. The summed E-state index contributed by atoms with van der Waals surface area (Å²) in [4.78, 5) is 0. The topological polar surface area (TPSA) is 21.3 Å². The van der Waals surface area contributed by atoms with Crippen molar-refractivity contribution in [2.45, 2.75) is 32.6 Å². The molecule has 0 radical (unpaired) electrons. The van der Waals surface area contributed by atoms with Crippen molar-refractivity contribution in [3.63, 3.8) is 0 Å². The predicted octanol–water partition coefficient (Wildman–Crippen LogP) is 3.24. The molecule has 0 atom stereocenters. The van der Waals surface area contributed by atoms with E-state index in [0.29, 0.717) is 5.41 Å². The highest BCUT2D eigenvalue weighted by molar-refractivity contribution is 5.20. The Morgan fingerprint density at radius 3 is 2.65 bits per heavy atom. The zero-order valence-electron chi connectivity index (χ0n) is 10.7. The van der Waals surface area contributed by atoms with E-state index in [4.69, 9.17) is 4.74 Å². The van der Waals surface area contributed by atoms with Gasteiger partial charge in [0, 0.05) is 6.54 Å². The Labute approximate surface area is 104 Å². The van der Waals surface area contributed by atoms with Crippen LogP contribution in [0.3, 0.4) is 0 Å². The zero-order valence-corrected chi connectivity index (χ0v) is 10.7. The molecule has 0 spiro atoms. The largest absolute Gasteiger partial charge is 0.494 e. The molecule has 2 rings (SSSR count). The summed E-state index contributed by atoms with van der Waals surface area (Å²) < 4.78 is 5.64. The van der Waals surface area contributed by atoms with Crippen LogP contribution in [0.1, 0.15) is 32.6 Å². The van der Waals surface area contributed by atoms with E-state index in [9.17, 15) is 0 Å². The molecule has 2 nitrogen and oxygen atoms in total. The number of ether oxygens (including phenoxy) is 1. The summed E-state index contributed by atoms with van der Waals surface area (Å²) in [6.07, 6.45) is 5.23. The first-order chi connectivity index (χ1) is 8.35. The van der Waals surface area contributed by atoms with E-state index in [0.717, 1.165) is 25.3 Å². The second kappa shape index (κ2) is 6.06. The van der Waals surface area contributed by atoms with Crippen molar-refractivity contribution in [1.29, 1.82) is 0 Å². The number of rotatable bonds is 8. The molecule has 1 aliphatic carbocycles. The molecule has 0 aliphatic heterocycles. The lowest BCUT2D eigenvalue weighted by molar-refractivity contribution is 0.305. The first kappa shape index (κ1) is 12.4. The van der Waals surface area contributed by atoms with Crippen molar-refractivity contribution in [1.82, 2.24) is 5.32 Å². The first-order valence-corrected chi connectivity index (χ1v) is 6.73. The van der Waals surface area contributed by atoms with Crippen LogP contribution in [0.5, 0.6) is 5.75 Å². The van der Waals surface area contributed by atoms with Crippen LogP contribution >= 0.6 is 0 Å². The van der Waals surface area contributed by atoms with Gasteiger partial charge in [0.1, 0.15) is 5.75 Å². The predicted molar refractivity (Wildman–Crippen MR) is 71.4 cm³/mol. The van der Waals surface area contributed by atoms with Crippen LogP contribution in [-0.4, -0.2) is 19.7 Å². The third-order valence-electron chi connectivity index (χ3n) is 3.72. The summed E-state index contributed by atoms with van der Waals surface area (Å²) in [5, 5.41) is 3.55. The van der Waals surface area contributed by atoms with E-state index in [1.807, 2.05) is 30.3 Å². The third kappa shape index (κ3) is 4.04. The molecule has 0 amide bonds. The minimum atomic E-state index is 0.653. The second-order valence-corrected chi connectivity index (χ2v) is 5.05. The number of hydrogen-bond acceptors (Lipinski definition) is 2. The quantitative estimate of drug-likeness (QED) is 0.696. The van der Waals surface area contributed by atoms with Crippen molar-refractivity contribution >= 4 is 0 Å². The van der Waals surface area contributed by atoms with Crippen LogP contribution in [0.2, 0.25) is 0 Å². The molecular weight excluding hydrogens is 210 g/mol. The van der Waals surface area contributed by atoms with Gasteiger partial charge in [-0.3, -0.25) is 0 Å². The van der Waals surface area contributed by atoms with Crippen molar-refractivity contribution < 1.29 is 4.74 Å². The van der Waals surface area contributed by atoms with Gasteiger partial charge in [-0.15, -0.1) is 0 Å². The van der Waals surface area contributed by atoms with Gasteiger partial charge in [-0.05, 0) is 49.8 Å². The van der Waals surface area contributed by atoms with Gasteiger partial charge in [0.25, 0.3) is 0 Å². The van der Waals surface area contributed by atoms with Gasteiger partial charge in [-0.2, -0.15) is 0 Å². The van der Waals surface area contributed by atoms with Crippen molar-refractivity contribution in [2.75, 3.05) is 19.7 Å². The van der Waals surface area contributed by atoms with Crippen LogP contribution < -0.4 is 10.1 Å². The van der Waals surface area contributed by atoms with Gasteiger partial charge in [0.2, 0.25) is 0 Å². The van der Waals surface area contributed by atoms with Crippen molar-refractivity contribution in [3.05, 3.63) is 30.3 Å².